The Bertz CT molecular complexity index is 546. The van der Waals surface area contributed by atoms with Crippen molar-refractivity contribution in [3.63, 3.8) is 0 Å². The van der Waals surface area contributed by atoms with Crippen LogP contribution in [0.5, 0.6) is 0 Å². The lowest BCUT2D eigenvalue weighted by molar-refractivity contribution is -0.148. The van der Waals surface area contributed by atoms with Gasteiger partial charge in [0.1, 0.15) is 15.7 Å². The average molecular weight is 319 g/mol. The number of carboxylic acid groups (broad SMARTS) is 1. The molecule has 0 bridgehead atoms. The van der Waals surface area contributed by atoms with Crippen molar-refractivity contribution in [1.82, 2.24) is 10.3 Å². The Morgan fingerprint density at radius 3 is 2.60 bits per heavy atom. The fourth-order valence-electron chi connectivity index (χ4n) is 1.92. The molecule has 0 aromatic carbocycles. The Kier molecular flexibility index (Phi) is 4.17. The summed E-state index contributed by atoms with van der Waals surface area (Å²) < 4.78 is 5.16. The SMILES string of the molecule is CC1(C(=O)O)COCC1NC(=O)c1cc(Cl)nc(Cl)c1. The van der Waals surface area contributed by atoms with E-state index in [2.05, 4.69) is 10.3 Å². The van der Waals surface area contributed by atoms with Crippen molar-refractivity contribution in [1.29, 1.82) is 0 Å². The monoisotopic (exact) mass is 318 g/mol. The van der Waals surface area contributed by atoms with Crippen LogP contribution in [0, 0.1) is 5.41 Å². The van der Waals surface area contributed by atoms with E-state index in [-0.39, 0.29) is 29.1 Å². The molecule has 0 spiro atoms. The molecule has 1 fully saturated rings. The van der Waals surface area contributed by atoms with Crippen molar-refractivity contribution in [3.05, 3.63) is 28.0 Å². The van der Waals surface area contributed by atoms with Crippen LogP contribution in [0.25, 0.3) is 0 Å². The second kappa shape index (κ2) is 5.55. The Morgan fingerprint density at radius 1 is 1.45 bits per heavy atom. The van der Waals surface area contributed by atoms with Gasteiger partial charge in [-0.25, -0.2) is 4.98 Å². The van der Waals surface area contributed by atoms with Crippen LogP contribution in [0.1, 0.15) is 17.3 Å². The lowest BCUT2D eigenvalue weighted by Crippen LogP contribution is -2.49. The molecule has 0 saturated carbocycles. The van der Waals surface area contributed by atoms with E-state index in [1.54, 1.807) is 0 Å². The number of nitrogens with zero attached hydrogens (tertiary/aromatic N) is 1. The normalized spacial score (nSPS) is 25.4. The number of ether oxygens (including phenoxy) is 1. The molecule has 1 aromatic rings. The molecule has 2 atom stereocenters. The molecular weight excluding hydrogens is 307 g/mol. The van der Waals surface area contributed by atoms with Crippen molar-refractivity contribution < 1.29 is 19.4 Å². The number of hydrogen-bond donors (Lipinski definition) is 2. The van der Waals surface area contributed by atoms with E-state index in [9.17, 15) is 14.7 Å². The highest BCUT2D eigenvalue weighted by atomic mass is 35.5. The van der Waals surface area contributed by atoms with Crippen molar-refractivity contribution in [3.8, 4) is 0 Å². The average Bonchev–Trinajstić information content (AvgIpc) is 2.71. The zero-order valence-electron chi connectivity index (χ0n) is 10.5. The number of aromatic nitrogens is 1. The van der Waals surface area contributed by atoms with Crippen LogP contribution >= 0.6 is 23.2 Å². The van der Waals surface area contributed by atoms with Gasteiger partial charge in [-0.2, -0.15) is 0 Å². The van der Waals surface area contributed by atoms with Crippen molar-refractivity contribution >= 4 is 35.1 Å². The van der Waals surface area contributed by atoms with Gasteiger partial charge in [0.15, 0.2) is 0 Å². The van der Waals surface area contributed by atoms with E-state index in [1.165, 1.54) is 19.1 Å². The molecule has 2 N–H and O–H groups in total. The van der Waals surface area contributed by atoms with E-state index >= 15 is 0 Å². The maximum absolute atomic E-state index is 12.1. The number of pyridine rings is 1. The number of hydrogen-bond acceptors (Lipinski definition) is 4. The van der Waals surface area contributed by atoms with Gasteiger partial charge in [-0.05, 0) is 19.1 Å². The molecule has 108 valence electrons. The molecule has 2 unspecified atom stereocenters. The zero-order valence-corrected chi connectivity index (χ0v) is 12.0. The van der Waals surface area contributed by atoms with Gasteiger partial charge in [0, 0.05) is 5.56 Å². The Balaban J connectivity index is 2.17. The highest BCUT2D eigenvalue weighted by Crippen LogP contribution is 2.29. The molecule has 1 saturated heterocycles. The third kappa shape index (κ3) is 2.87. The van der Waals surface area contributed by atoms with Gasteiger partial charge in [0.25, 0.3) is 5.91 Å². The number of carboxylic acids is 1. The Labute approximate surface area is 125 Å². The van der Waals surface area contributed by atoms with Gasteiger partial charge >= 0.3 is 5.97 Å². The number of rotatable bonds is 3. The van der Waals surface area contributed by atoms with Crippen LogP contribution in [-0.2, 0) is 9.53 Å². The van der Waals surface area contributed by atoms with Crippen molar-refractivity contribution in [2.75, 3.05) is 13.2 Å². The summed E-state index contributed by atoms with van der Waals surface area (Å²) in [5.74, 6) is -1.50. The van der Waals surface area contributed by atoms with E-state index in [0.717, 1.165) is 0 Å². The molecule has 6 nitrogen and oxygen atoms in total. The zero-order chi connectivity index (χ0) is 14.9. The van der Waals surface area contributed by atoms with Crippen LogP contribution in [0.4, 0.5) is 0 Å². The lowest BCUT2D eigenvalue weighted by atomic mass is 9.85. The molecule has 2 rings (SSSR count). The van der Waals surface area contributed by atoms with Gasteiger partial charge in [0.05, 0.1) is 19.3 Å². The summed E-state index contributed by atoms with van der Waals surface area (Å²) in [6.45, 7) is 1.71. The maximum Gasteiger partial charge on any atom is 0.313 e. The van der Waals surface area contributed by atoms with E-state index in [1.807, 2.05) is 0 Å². The number of halogens is 2. The quantitative estimate of drug-likeness (QED) is 0.826. The summed E-state index contributed by atoms with van der Waals surface area (Å²) in [5.41, 5.74) is -0.939. The summed E-state index contributed by atoms with van der Waals surface area (Å²) in [7, 11) is 0. The predicted octanol–water partition coefficient (Wildman–Crippen LogP) is 1.61. The predicted molar refractivity (Wildman–Crippen MR) is 72.1 cm³/mol. The number of carbonyl (C=O) groups excluding carboxylic acids is 1. The van der Waals surface area contributed by atoms with Gasteiger partial charge in [0.2, 0.25) is 0 Å². The molecule has 1 aromatic heterocycles. The molecule has 1 aliphatic rings. The van der Waals surface area contributed by atoms with Crippen LogP contribution in [0.2, 0.25) is 10.3 Å². The molecule has 0 aliphatic carbocycles. The molecule has 1 amide bonds. The first-order valence-electron chi connectivity index (χ1n) is 5.78. The van der Waals surface area contributed by atoms with E-state index in [4.69, 9.17) is 27.9 Å². The van der Waals surface area contributed by atoms with Crippen LogP contribution in [0.3, 0.4) is 0 Å². The van der Waals surface area contributed by atoms with Gasteiger partial charge < -0.3 is 15.2 Å². The number of nitrogens with one attached hydrogen (secondary N) is 1. The van der Waals surface area contributed by atoms with Crippen LogP contribution < -0.4 is 5.32 Å². The molecule has 0 radical (unpaired) electrons. The fourth-order valence-corrected chi connectivity index (χ4v) is 2.38. The van der Waals surface area contributed by atoms with Crippen LogP contribution in [0.15, 0.2) is 12.1 Å². The third-order valence-electron chi connectivity index (χ3n) is 3.27. The summed E-state index contributed by atoms with van der Waals surface area (Å²) in [6.07, 6.45) is 0. The standard InChI is InChI=1S/C12H12Cl2N2O4/c1-12(11(18)19)5-20-4-7(12)15-10(17)6-2-8(13)16-9(14)3-6/h2-3,7H,4-5H2,1H3,(H,15,17)(H,18,19). The van der Waals surface area contributed by atoms with E-state index < -0.39 is 23.3 Å². The maximum atomic E-state index is 12.1. The fraction of sp³-hybridized carbons (Fsp3) is 0.417. The summed E-state index contributed by atoms with van der Waals surface area (Å²) in [5, 5.41) is 12.0. The highest BCUT2D eigenvalue weighted by molar-refractivity contribution is 6.33. The van der Waals surface area contributed by atoms with Gasteiger partial charge in [-0.15, -0.1) is 0 Å². The molecule has 8 heteroatoms. The Morgan fingerprint density at radius 2 is 2.05 bits per heavy atom. The minimum absolute atomic E-state index is 0.0468. The second-order valence-electron chi connectivity index (χ2n) is 4.77. The minimum atomic E-state index is -1.16. The summed E-state index contributed by atoms with van der Waals surface area (Å²) in [6, 6.07) is 2.09. The second-order valence-corrected chi connectivity index (χ2v) is 5.54. The smallest absolute Gasteiger partial charge is 0.313 e. The molecule has 2 heterocycles. The van der Waals surface area contributed by atoms with Crippen LogP contribution in [-0.4, -0.2) is 41.2 Å². The first kappa shape index (κ1) is 15.0. The third-order valence-corrected chi connectivity index (χ3v) is 3.66. The largest absolute Gasteiger partial charge is 0.481 e. The van der Waals surface area contributed by atoms with Crippen molar-refractivity contribution in [2.24, 2.45) is 5.41 Å². The highest BCUT2D eigenvalue weighted by Gasteiger charge is 2.47. The van der Waals surface area contributed by atoms with Crippen molar-refractivity contribution in [2.45, 2.75) is 13.0 Å². The first-order chi connectivity index (χ1) is 9.33. The first-order valence-corrected chi connectivity index (χ1v) is 6.53. The number of carbonyl (C=O) groups is 2. The summed E-state index contributed by atoms with van der Waals surface area (Å²) >= 11 is 11.4. The lowest BCUT2D eigenvalue weighted by Gasteiger charge is -2.25. The molecule has 1 aliphatic heterocycles. The van der Waals surface area contributed by atoms with Gasteiger partial charge in [-0.1, -0.05) is 23.2 Å². The topological polar surface area (TPSA) is 88.5 Å². The summed E-state index contributed by atoms with van der Waals surface area (Å²) in [4.78, 5) is 27.1. The molecule has 20 heavy (non-hydrogen) atoms. The van der Waals surface area contributed by atoms with E-state index in [0.29, 0.717) is 0 Å². The minimum Gasteiger partial charge on any atom is -0.481 e. The number of amides is 1. The molecular formula is C12H12Cl2N2O4. The Hall–Kier alpha value is -1.37. The number of aliphatic carboxylic acids is 1. The van der Waals surface area contributed by atoms with Gasteiger partial charge in [-0.3, -0.25) is 9.59 Å².